The molecule has 0 spiro atoms. The van der Waals surface area contributed by atoms with Crippen LogP contribution in [0.2, 0.25) is 0 Å². The molecule has 0 unspecified atom stereocenters. The fourth-order valence-corrected chi connectivity index (χ4v) is 5.43. The van der Waals surface area contributed by atoms with Crippen molar-refractivity contribution in [2.24, 2.45) is 0 Å². The quantitative estimate of drug-likeness (QED) is 0.398. The summed E-state index contributed by atoms with van der Waals surface area (Å²) < 4.78 is 34.6. The van der Waals surface area contributed by atoms with Crippen molar-refractivity contribution in [2.45, 2.75) is 25.2 Å². The third-order valence-electron chi connectivity index (χ3n) is 4.96. The molecule has 0 fully saturated rings. The molecule has 4 rings (SSSR count). The van der Waals surface area contributed by atoms with Crippen LogP contribution in [0.4, 0.5) is 0 Å². The number of methoxy groups -OCH3 is 1. The number of benzene rings is 1. The Morgan fingerprint density at radius 3 is 2.40 bits per heavy atom. The van der Waals surface area contributed by atoms with Gasteiger partial charge in [0.15, 0.2) is 5.65 Å². The smallest absolute Gasteiger partial charge is 0.269 e. The first-order valence-corrected chi connectivity index (χ1v) is 11.6. The first kappa shape index (κ1) is 20.6. The van der Waals surface area contributed by atoms with Crippen LogP contribution in [0, 0.1) is 6.92 Å². The van der Waals surface area contributed by atoms with Gasteiger partial charge >= 0.3 is 0 Å². The van der Waals surface area contributed by atoms with Crippen molar-refractivity contribution in [3.63, 3.8) is 0 Å². The normalized spacial score (nSPS) is 11.7. The molecule has 0 aliphatic rings. The second-order valence-electron chi connectivity index (χ2n) is 6.87. The van der Waals surface area contributed by atoms with Gasteiger partial charge < -0.3 is 4.74 Å². The molecule has 0 bridgehead atoms. The van der Waals surface area contributed by atoms with E-state index in [1.165, 1.54) is 3.97 Å². The molecular weight excluding hydrogens is 466 g/mol. The maximum atomic E-state index is 13.6. The van der Waals surface area contributed by atoms with Gasteiger partial charge in [0.2, 0.25) is 5.88 Å². The Balaban J connectivity index is 2.06. The van der Waals surface area contributed by atoms with Crippen molar-refractivity contribution < 1.29 is 13.2 Å². The predicted octanol–water partition coefficient (Wildman–Crippen LogP) is 4.98. The molecule has 0 N–H and O–H groups in total. The number of aromatic nitrogens is 3. The summed E-state index contributed by atoms with van der Waals surface area (Å²) in [4.78, 5) is 9.00. The van der Waals surface area contributed by atoms with E-state index in [9.17, 15) is 8.42 Å². The van der Waals surface area contributed by atoms with Gasteiger partial charge in [0.1, 0.15) is 0 Å². The third kappa shape index (κ3) is 3.40. The average molecular weight is 486 g/mol. The number of fused-ring (bicyclic) bond motifs is 1. The van der Waals surface area contributed by atoms with E-state index >= 15 is 0 Å². The number of nitrogens with zero attached hydrogens (tertiary/aromatic N) is 3. The van der Waals surface area contributed by atoms with Crippen molar-refractivity contribution in [3.8, 4) is 17.0 Å². The highest BCUT2D eigenvalue weighted by atomic mass is 79.9. The molecule has 0 aliphatic heterocycles. The lowest BCUT2D eigenvalue weighted by Crippen LogP contribution is -2.16. The summed E-state index contributed by atoms with van der Waals surface area (Å²) in [6.07, 6.45) is 3.80. The van der Waals surface area contributed by atoms with Gasteiger partial charge in [-0.05, 0) is 53.5 Å². The lowest BCUT2D eigenvalue weighted by atomic mass is 10.0. The van der Waals surface area contributed by atoms with Crippen LogP contribution in [0.25, 0.3) is 22.2 Å². The van der Waals surface area contributed by atoms with Crippen molar-refractivity contribution in [3.05, 3.63) is 70.6 Å². The van der Waals surface area contributed by atoms with Crippen LogP contribution in [0.1, 0.15) is 18.2 Å². The first-order valence-electron chi connectivity index (χ1n) is 9.38. The predicted molar refractivity (Wildman–Crippen MR) is 120 cm³/mol. The minimum Gasteiger partial charge on any atom is -0.481 e. The van der Waals surface area contributed by atoms with Crippen molar-refractivity contribution >= 4 is 37.0 Å². The Morgan fingerprint density at radius 1 is 1.07 bits per heavy atom. The average Bonchev–Trinajstić information content (AvgIpc) is 3.08. The minimum absolute atomic E-state index is 0.226. The lowest BCUT2D eigenvalue weighted by molar-refractivity contribution is 0.398. The van der Waals surface area contributed by atoms with Crippen molar-refractivity contribution in [1.29, 1.82) is 0 Å². The highest BCUT2D eigenvalue weighted by Crippen LogP contribution is 2.38. The highest BCUT2D eigenvalue weighted by molar-refractivity contribution is 9.10. The molecule has 0 saturated heterocycles. The summed E-state index contributed by atoms with van der Waals surface area (Å²) in [6, 6.07) is 12.4. The zero-order valence-electron chi connectivity index (χ0n) is 16.8. The van der Waals surface area contributed by atoms with Crippen LogP contribution in [0.3, 0.4) is 0 Å². The van der Waals surface area contributed by atoms with E-state index in [-0.39, 0.29) is 4.90 Å². The Kier molecular flexibility index (Phi) is 5.38. The van der Waals surface area contributed by atoms with Crippen LogP contribution in [0.15, 0.2) is 64.2 Å². The van der Waals surface area contributed by atoms with Gasteiger partial charge in [0.25, 0.3) is 10.0 Å². The van der Waals surface area contributed by atoms with E-state index < -0.39 is 10.0 Å². The van der Waals surface area contributed by atoms with Gasteiger partial charge in [-0.2, -0.15) is 0 Å². The van der Waals surface area contributed by atoms with E-state index in [2.05, 4.69) is 25.9 Å². The number of hydrogen-bond donors (Lipinski definition) is 0. The molecule has 3 heterocycles. The second kappa shape index (κ2) is 7.85. The van der Waals surface area contributed by atoms with Crippen LogP contribution in [-0.2, 0) is 16.4 Å². The number of pyridine rings is 2. The van der Waals surface area contributed by atoms with Gasteiger partial charge in [0.05, 0.1) is 12.0 Å². The topological polar surface area (TPSA) is 74.1 Å². The number of halogens is 1. The van der Waals surface area contributed by atoms with E-state index in [0.717, 1.165) is 26.5 Å². The van der Waals surface area contributed by atoms with E-state index in [0.29, 0.717) is 23.6 Å². The van der Waals surface area contributed by atoms with Crippen molar-refractivity contribution in [1.82, 2.24) is 13.9 Å². The van der Waals surface area contributed by atoms with E-state index in [1.807, 2.05) is 26.0 Å². The van der Waals surface area contributed by atoms with Gasteiger partial charge in [-0.3, -0.25) is 0 Å². The molecule has 154 valence electrons. The number of hydrogen-bond acceptors (Lipinski definition) is 5. The third-order valence-corrected chi connectivity index (χ3v) is 7.13. The summed E-state index contributed by atoms with van der Waals surface area (Å²) >= 11 is 3.46. The zero-order valence-corrected chi connectivity index (χ0v) is 19.2. The number of ether oxygens (including phenoxy) is 1. The van der Waals surface area contributed by atoms with E-state index in [1.54, 1.807) is 49.8 Å². The largest absolute Gasteiger partial charge is 0.481 e. The van der Waals surface area contributed by atoms with Gasteiger partial charge in [-0.1, -0.05) is 24.6 Å². The molecule has 0 radical (unpaired) electrons. The maximum Gasteiger partial charge on any atom is 0.269 e. The fraction of sp³-hybridized carbons (Fsp3) is 0.182. The fourth-order valence-electron chi connectivity index (χ4n) is 3.53. The molecule has 3 aromatic heterocycles. The summed E-state index contributed by atoms with van der Waals surface area (Å²) in [5, 5.41) is 0.740. The van der Waals surface area contributed by atoms with E-state index in [4.69, 9.17) is 4.74 Å². The summed E-state index contributed by atoms with van der Waals surface area (Å²) in [6.45, 7) is 3.86. The van der Waals surface area contributed by atoms with Crippen LogP contribution < -0.4 is 4.74 Å². The Morgan fingerprint density at radius 2 is 1.80 bits per heavy atom. The van der Waals surface area contributed by atoms with Crippen LogP contribution in [0.5, 0.6) is 5.88 Å². The number of rotatable bonds is 5. The molecule has 4 aromatic rings. The highest BCUT2D eigenvalue weighted by Gasteiger charge is 2.28. The molecule has 0 saturated carbocycles. The van der Waals surface area contributed by atoms with Gasteiger partial charge in [-0.15, -0.1) is 0 Å². The lowest BCUT2D eigenvalue weighted by Gasteiger charge is -2.12. The second-order valence-corrected chi connectivity index (χ2v) is 9.57. The minimum atomic E-state index is -3.84. The van der Waals surface area contributed by atoms with Gasteiger partial charge in [0, 0.05) is 45.1 Å². The van der Waals surface area contributed by atoms with Crippen molar-refractivity contribution in [2.75, 3.05) is 7.11 Å². The molecule has 0 atom stereocenters. The number of aryl methyl sites for hydroxylation is 1. The molecule has 0 aliphatic carbocycles. The molecule has 1 aromatic carbocycles. The maximum absolute atomic E-state index is 13.6. The van der Waals surface area contributed by atoms with Gasteiger partial charge in [-0.25, -0.2) is 22.4 Å². The monoisotopic (exact) mass is 485 g/mol. The Bertz CT molecular complexity index is 1330. The molecule has 6 nitrogen and oxygen atoms in total. The Labute approximate surface area is 183 Å². The molecule has 30 heavy (non-hydrogen) atoms. The first-order chi connectivity index (χ1) is 14.4. The summed E-state index contributed by atoms with van der Waals surface area (Å²) in [5.41, 5.74) is 3.64. The summed E-state index contributed by atoms with van der Waals surface area (Å²) in [7, 11) is -2.29. The zero-order chi connectivity index (χ0) is 21.5. The molecule has 0 amide bonds. The van der Waals surface area contributed by atoms with Crippen LogP contribution in [-0.4, -0.2) is 29.5 Å². The molecule has 8 heteroatoms. The standard InChI is InChI=1S/C22H20BrN3O3S/c1-4-19-21(15-7-10-20(29-3)24-12-15)18-11-16(23)13-25-22(18)26(19)30(27,28)17-8-5-14(2)6-9-17/h5-13H,4H2,1-3H3. The summed E-state index contributed by atoms with van der Waals surface area (Å²) in [5.74, 6) is 0.493. The Hall–Kier alpha value is -2.71. The molecular formula is C22H20BrN3O3S. The SMILES string of the molecule is CCc1c(-c2ccc(OC)nc2)c2cc(Br)cnc2n1S(=O)(=O)c1ccc(C)cc1. The van der Waals surface area contributed by atoms with Crippen LogP contribution >= 0.6 is 15.9 Å².